The Morgan fingerprint density at radius 3 is 2.32 bits per heavy atom. The van der Waals surface area contributed by atoms with Crippen molar-refractivity contribution in [3.8, 4) is 28.5 Å². The van der Waals surface area contributed by atoms with E-state index >= 15 is 0 Å². The van der Waals surface area contributed by atoms with Gasteiger partial charge in [-0.2, -0.15) is 0 Å². The standard InChI is InChI=1S/C31H38N2O5/c1-4-6-7-8-9-10-11-30(34)37-25-14-12-24(13-15-25)31(35)38-29-17-16-26(36-22-23(3)5-2)20-27(29)28-21-32-18-19-33-28/h12-21,23H,4-11,22H2,1-3H3. The van der Waals surface area contributed by atoms with E-state index in [1.807, 2.05) is 0 Å². The Morgan fingerprint density at radius 2 is 1.61 bits per heavy atom. The minimum absolute atomic E-state index is 0.264. The second-order valence-corrected chi connectivity index (χ2v) is 9.48. The third kappa shape index (κ3) is 9.29. The second kappa shape index (κ2) is 15.5. The fraction of sp³-hybridized carbons (Fsp3) is 0.419. The van der Waals surface area contributed by atoms with Crippen LogP contribution in [0.5, 0.6) is 17.2 Å². The maximum atomic E-state index is 12.9. The van der Waals surface area contributed by atoms with Crippen molar-refractivity contribution in [3.63, 3.8) is 0 Å². The zero-order chi connectivity index (χ0) is 27.2. The number of nitrogens with zero attached hydrogens (tertiary/aromatic N) is 2. The minimum Gasteiger partial charge on any atom is -0.493 e. The summed E-state index contributed by atoms with van der Waals surface area (Å²) in [5.41, 5.74) is 1.51. The van der Waals surface area contributed by atoms with Crippen molar-refractivity contribution in [2.75, 3.05) is 6.61 Å². The van der Waals surface area contributed by atoms with Gasteiger partial charge >= 0.3 is 11.9 Å². The molecule has 0 spiro atoms. The Balaban J connectivity index is 1.62. The SMILES string of the molecule is CCCCCCCCC(=O)Oc1ccc(C(=O)Oc2ccc(OCC(C)CC)cc2-c2cnccn2)cc1. The molecule has 0 aliphatic rings. The van der Waals surface area contributed by atoms with E-state index in [-0.39, 0.29) is 5.97 Å². The molecule has 0 aliphatic heterocycles. The van der Waals surface area contributed by atoms with Crippen LogP contribution in [0.2, 0.25) is 0 Å². The Morgan fingerprint density at radius 1 is 0.868 bits per heavy atom. The highest BCUT2D eigenvalue weighted by molar-refractivity contribution is 5.92. The van der Waals surface area contributed by atoms with Gasteiger partial charge in [0.2, 0.25) is 0 Å². The summed E-state index contributed by atoms with van der Waals surface area (Å²) in [6.45, 7) is 7.02. The van der Waals surface area contributed by atoms with Crippen LogP contribution in [0, 0.1) is 5.92 Å². The third-order valence-electron chi connectivity index (χ3n) is 6.28. The van der Waals surface area contributed by atoms with E-state index < -0.39 is 5.97 Å². The molecule has 0 saturated heterocycles. The maximum absolute atomic E-state index is 12.9. The van der Waals surface area contributed by atoms with Crippen LogP contribution in [0.15, 0.2) is 61.1 Å². The Kier molecular flexibility index (Phi) is 11.8. The molecule has 7 nitrogen and oxygen atoms in total. The molecule has 0 N–H and O–H groups in total. The van der Waals surface area contributed by atoms with Crippen LogP contribution in [-0.2, 0) is 4.79 Å². The largest absolute Gasteiger partial charge is 0.493 e. The van der Waals surface area contributed by atoms with Crippen LogP contribution >= 0.6 is 0 Å². The molecule has 0 bridgehead atoms. The lowest BCUT2D eigenvalue weighted by Crippen LogP contribution is -2.11. The van der Waals surface area contributed by atoms with Crippen LogP contribution in [0.4, 0.5) is 0 Å². The molecule has 0 amide bonds. The van der Waals surface area contributed by atoms with Crippen LogP contribution in [0.3, 0.4) is 0 Å². The number of carbonyl (C=O) groups excluding carboxylic acids is 2. The first kappa shape index (κ1) is 28.8. The monoisotopic (exact) mass is 518 g/mol. The molecule has 1 heterocycles. The van der Waals surface area contributed by atoms with Crippen molar-refractivity contribution >= 4 is 11.9 Å². The van der Waals surface area contributed by atoms with Gasteiger partial charge in [-0.3, -0.25) is 14.8 Å². The average molecular weight is 519 g/mol. The number of carbonyl (C=O) groups is 2. The summed E-state index contributed by atoms with van der Waals surface area (Å²) in [7, 11) is 0. The van der Waals surface area contributed by atoms with Crippen LogP contribution in [0.25, 0.3) is 11.3 Å². The lowest BCUT2D eigenvalue weighted by atomic mass is 10.1. The summed E-state index contributed by atoms with van der Waals surface area (Å²) in [5.74, 6) is 1.04. The zero-order valence-electron chi connectivity index (χ0n) is 22.7. The van der Waals surface area contributed by atoms with E-state index in [0.717, 1.165) is 25.7 Å². The Labute approximate surface area is 225 Å². The number of ether oxygens (including phenoxy) is 3. The summed E-state index contributed by atoms with van der Waals surface area (Å²) >= 11 is 0. The van der Waals surface area contributed by atoms with Gasteiger partial charge in [0.05, 0.1) is 24.1 Å². The highest BCUT2D eigenvalue weighted by atomic mass is 16.5. The lowest BCUT2D eigenvalue weighted by Gasteiger charge is -2.14. The predicted molar refractivity (Wildman–Crippen MR) is 147 cm³/mol. The number of esters is 2. The average Bonchev–Trinajstić information content (AvgIpc) is 2.95. The zero-order valence-corrected chi connectivity index (χ0v) is 22.7. The fourth-order valence-corrected chi connectivity index (χ4v) is 3.73. The third-order valence-corrected chi connectivity index (χ3v) is 6.28. The number of hydrogen-bond acceptors (Lipinski definition) is 7. The van der Waals surface area contributed by atoms with Gasteiger partial charge in [-0.15, -0.1) is 0 Å². The topological polar surface area (TPSA) is 87.6 Å². The van der Waals surface area contributed by atoms with E-state index in [4.69, 9.17) is 14.2 Å². The second-order valence-electron chi connectivity index (χ2n) is 9.48. The quantitative estimate of drug-likeness (QED) is 0.117. The first-order chi connectivity index (χ1) is 18.5. The van der Waals surface area contributed by atoms with Gasteiger partial charge in [0, 0.05) is 24.4 Å². The molecule has 1 aromatic heterocycles. The summed E-state index contributed by atoms with van der Waals surface area (Å²) in [4.78, 5) is 33.6. The van der Waals surface area contributed by atoms with Crippen LogP contribution < -0.4 is 14.2 Å². The Bertz CT molecular complexity index is 1150. The van der Waals surface area contributed by atoms with E-state index in [9.17, 15) is 9.59 Å². The van der Waals surface area contributed by atoms with Crippen LogP contribution in [-0.4, -0.2) is 28.5 Å². The molecular formula is C31H38N2O5. The molecule has 202 valence electrons. The predicted octanol–water partition coefficient (Wildman–Crippen LogP) is 7.44. The molecule has 0 aliphatic carbocycles. The fourth-order valence-electron chi connectivity index (χ4n) is 3.73. The number of aromatic nitrogens is 2. The van der Waals surface area contributed by atoms with Crippen molar-refractivity contribution < 1.29 is 23.8 Å². The molecule has 0 radical (unpaired) electrons. The number of rotatable bonds is 15. The molecule has 3 aromatic rings. The smallest absolute Gasteiger partial charge is 0.343 e. The molecule has 1 atom stereocenters. The molecule has 3 rings (SSSR count). The van der Waals surface area contributed by atoms with Gasteiger partial charge in [-0.05, 0) is 54.8 Å². The molecular weight excluding hydrogens is 480 g/mol. The molecule has 0 saturated carbocycles. The number of benzene rings is 2. The summed E-state index contributed by atoms with van der Waals surface area (Å²) in [5, 5.41) is 0. The van der Waals surface area contributed by atoms with Crippen molar-refractivity contribution in [2.45, 2.75) is 72.1 Å². The van der Waals surface area contributed by atoms with Crippen molar-refractivity contribution in [2.24, 2.45) is 5.92 Å². The highest BCUT2D eigenvalue weighted by Gasteiger charge is 2.16. The van der Waals surface area contributed by atoms with Crippen molar-refractivity contribution in [1.29, 1.82) is 0 Å². The van der Waals surface area contributed by atoms with E-state index in [0.29, 0.717) is 53.0 Å². The lowest BCUT2D eigenvalue weighted by molar-refractivity contribution is -0.134. The van der Waals surface area contributed by atoms with Gasteiger partial charge in [-0.1, -0.05) is 59.3 Å². The first-order valence-electron chi connectivity index (χ1n) is 13.6. The molecule has 1 unspecified atom stereocenters. The summed E-state index contributed by atoms with van der Waals surface area (Å²) in [6.07, 6.45) is 12.8. The van der Waals surface area contributed by atoms with Gasteiger partial charge in [-0.25, -0.2) is 4.79 Å². The van der Waals surface area contributed by atoms with E-state index in [1.54, 1.807) is 61.1 Å². The van der Waals surface area contributed by atoms with Crippen molar-refractivity contribution in [3.05, 3.63) is 66.6 Å². The number of unbranched alkanes of at least 4 members (excludes halogenated alkanes) is 5. The summed E-state index contributed by atoms with van der Waals surface area (Å²) < 4.78 is 17.1. The highest BCUT2D eigenvalue weighted by Crippen LogP contribution is 2.33. The molecule has 0 fully saturated rings. The maximum Gasteiger partial charge on any atom is 0.343 e. The van der Waals surface area contributed by atoms with Crippen LogP contribution in [0.1, 0.15) is 82.5 Å². The minimum atomic E-state index is -0.534. The molecule has 2 aromatic carbocycles. The normalized spacial score (nSPS) is 11.6. The molecule has 7 heteroatoms. The Hall–Kier alpha value is -3.74. The van der Waals surface area contributed by atoms with Gasteiger partial charge in [0.1, 0.15) is 17.2 Å². The van der Waals surface area contributed by atoms with Gasteiger partial charge in [0.15, 0.2) is 0 Å². The first-order valence-corrected chi connectivity index (χ1v) is 13.6. The van der Waals surface area contributed by atoms with E-state index in [1.165, 1.54) is 19.3 Å². The summed E-state index contributed by atoms with van der Waals surface area (Å²) in [6, 6.07) is 11.7. The van der Waals surface area contributed by atoms with Gasteiger partial charge < -0.3 is 14.2 Å². The molecule has 38 heavy (non-hydrogen) atoms. The van der Waals surface area contributed by atoms with Crippen molar-refractivity contribution in [1.82, 2.24) is 9.97 Å². The van der Waals surface area contributed by atoms with Gasteiger partial charge in [0.25, 0.3) is 0 Å². The number of hydrogen-bond donors (Lipinski definition) is 0. The van der Waals surface area contributed by atoms with E-state index in [2.05, 4.69) is 30.7 Å².